The topological polar surface area (TPSA) is 239 Å². The van der Waals surface area contributed by atoms with Gasteiger partial charge in [0.05, 0.1) is 23.9 Å². The molecule has 2 bridgehead atoms. The van der Waals surface area contributed by atoms with Crippen molar-refractivity contribution in [3.8, 4) is 11.1 Å². The first kappa shape index (κ1) is 52.5. The van der Waals surface area contributed by atoms with Crippen LogP contribution >= 0.6 is 0 Å². The average molecular weight is 913 g/mol. The summed E-state index contributed by atoms with van der Waals surface area (Å²) < 4.78 is 13.1. The number of ketones is 3. The molecule has 0 radical (unpaired) electrons. The first-order valence-electron chi connectivity index (χ1n) is 24.4. The van der Waals surface area contributed by atoms with Crippen LogP contribution in [0.5, 0.6) is 0 Å². The molecule has 0 aromatic heterocycles. The Labute approximate surface area is 392 Å². The van der Waals surface area contributed by atoms with Crippen molar-refractivity contribution in [2.45, 2.75) is 168 Å². The molecule has 0 spiro atoms. The molecule has 1 saturated heterocycles. The SMILES string of the molecule is CCCCc1ccc(-c2ccc(C(=O)C[C@@H](CCCN=C(N)N)C(=O)N[C@H](C(=O)C[C@@H](C)C(=O)N[C@@H](CCCCN)C(=O)C[C@@H](C)B3OC4C[C@@H]5C[C@@H](C5(C)C)[C@]4(C)O3)C(C)O)cc2)cc1. The lowest BCUT2D eigenvalue weighted by atomic mass is 9.43. The van der Waals surface area contributed by atoms with E-state index in [-0.39, 0.29) is 67.1 Å². The molecule has 2 aromatic carbocycles. The molecule has 4 fully saturated rings. The fourth-order valence-corrected chi connectivity index (χ4v) is 10.4. The maximum absolute atomic E-state index is 13.9. The summed E-state index contributed by atoms with van der Waals surface area (Å²) in [6.07, 6.45) is 5.98. The van der Waals surface area contributed by atoms with Gasteiger partial charge in [-0.3, -0.25) is 29.0 Å². The van der Waals surface area contributed by atoms with Crippen molar-refractivity contribution >= 4 is 42.2 Å². The number of Topliss-reactive ketones (excluding diaryl/α,β-unsaturated/α-hetero) is 3. The summed E-state index contributed by atoms with van der Waals surface area (Å²) in [5.74, 6) is -3.18. The van der Waals surface area contributed by atoms with Crippen LogP contribution in [0.2, 0.25) is 5.82 Å². The average Bonchev–Trinajstić information content (AvgIpc) is 3.65. The van der Waals surface area contributed by atoms with Gasteiger partial charge in [-0.25, -0.2) is 0 Å². The molecule has 2 unspecified atom stereocenters. The number of aliphatic hydroxyl groups excluding tert-OH is 1. The predicted molar refractivity (Wildman–Crippen MR) is 259 cm³/mol. The molecule has 66 heavy (non-hydrogen) atoms. The first-order valence-corrected chi connectivity index (χ1v) is 24.4. The van der Waals surface area contributed by atoms with Crippen LogP contribution < -0.4 is 27.8 Å². The number of benzene rings is 2. The van der Waals surface area contributed by atoms with Crippen LogP contribution in [0, 0.1) is 29.1 Å². The van der Waals surface area contributed by atoms with Crippen LogP contribution in [0.4, 0.5) is 0 Å². The summed E-state index contributed by atoms with van der Waals surface area (Å²) in [6, 6.07) is 13.5. The van der Waals surface area contributed by atoms with Gasteiger partial charge < -0.3 is 42.2 Å². The third-order valence-corrected chi connectivity index (χ3v) is 14.8. The van der Waals surface area contributed by atoms with E-state index in [1.54, 1.807) is 19.1 Å². The fourth-order valence-electron chi connectivity index (χ4n) is 10.4. The van der Waals surface area contributed by atoms with Crippen molar-refractivity contribution in [2.24, 2.45) is 51.3 Å². The summed E-state index contributed by atoms with van der Waals surface area (Å²) in [4.78, 5) is 73.0. The van der Waals surface area contributed by atoms with Gasteiger partial charge in [-0.15, -0.1) is 0 Å². The first-order chi connectivity index (χ1) is 31.3. The zero-order valence-electron chi connectivity index (χ0n) is 40.5. The molecule has 2 amide bonds. The van der Waals surface area contributed by atoms with Gasteiger partial charge >= 0.3 is 7.12 Å². The molecular formula is C51H77BN6O8. The Bertz CT molecular complexity index is 2010. The van der Waals surface area contributed by atoms with Gasteiger partial charge in [0, 0.05) is 43.2 Å². The van der Waals surface area contributed by atoms with Crippen molar-refractivity contribution in [3.05, 3.63) is 59.7 Å². The number of amides is 2. The van der Waals surface area contributed by atoms with E-state index in [2.05, 4.69) is 67.6 Å². The monoisotopic (exact) mass is 913 g/mol. The van der Waals surface area contributed by atoms with Crippen molar-refractivity contribution < 1.29 is 38.4 Å². The maximum Gasteiger partial charge on any atom is 0.461 e. The number of aryl methyl sites for hydroxylation is 1. The number of carbonyl (C=O) groups is 5. The van der Waals surface area contributed by atoms with E-state index in [4.69, 9.17) is 26.5 Å². The highest BCUT2D eigenvalue weighted by atomic mass is 16.7. The molecule has 14 nitrogen and oxygen atoms in total. The van der Waals surface area contributed by atoms with E-state index in [0.717, 1.165) is 43.2 Å². The van der Waals surface area contributed by atoms with Gasteiger partial charge in [0.2, 0.25) is 11.8 Å². The summed E-state index contributed by atoms with van der Waals surface area (Å²) in [7, 11) is -0.532. The van der Waals surface area contributed by atoms with Crippen LogP contribution in [0.25, 0.3) is 11.1 Å². The van der Waals surface area contributed by atoms with Crippen molar-refractivity contribution in [3.63, 3.8) is 0 Å². The highest BCUT2D eigenvalue weighted by Gasteiger charge is 2.68. The third kappa shape index (κ3) is 13.2. The summed E-state index contributed by atoms with van der Waals surface area (Å²) >= 11 is 0. The number of hydrogen-bond acceptors (Lipinski definition) is 10. The zero-order chi connectivity index (χ0) is 48.3. The van der Waals surface area contributed by atoms with Crippen LogP contribution in [-0.4, -0.2) is 90.3 Å². The second kappa shape index (κ2) is 23.5. The number of hydrogen-bond donors (Lipinski definition) is 6. The molecule has 362 valence electrons. The molecule has 3 aliphatic carbocycles. The summed E-state index contributed by atoms with van der Waals surface area (Å²) in [5, 5.41) is 16.4. The van der Waals surface area contributed by atoms with Crippen LogP contribution in [0.15, 0.2) is 53.5 Å². The number of rotatable bonds is 27. The van der Waals surface area contributed by atoms with E-state index in [9.17, 15) is 29.1 Å². The van der Waals surface area contributed by atoms with Crippen molar-refractivity contribution in [2.75, 3.05) is 13.1 Å². The normalized spacial score (nSPS) is 23.2. The lowest BCUT2D eigenvalue weighted by Gasteiger charge is -2.64. The lowest BCUT2D eigenvalue weighted by molar-refractivity contribution is -0.199. The zero-order valence-corrected chi connectivity index (χ0v) is 40.5. The largest absolute Gasteiger partial charge is 0.461 e. The molecule has 6 rings (SSSR count). The van der Waals surface area contributed by atoms with E-state index >= 15 is 0 Å². The molecule has 15 heteroatoms. The number of guanidine groups is 1. The molecule has 3 saturated carbocycles. The van der Waals surface area contributed by atoms with E-state index in [1.807, 2.05) is 19.1 Å². The minimum atomic E-state index is -1.35. The number of unbranched alkanes of at least 4 members (excludes halogenated alkanes) is 2. The Hall–Kier alpha value is -4.44. The number of carbonyl (C=O) groups excluding carboxylic acids is 5. The predicted octanol–water partition coefficient (Wildman–Crippen LogP) is 6.09. The minimum Gasteiger partial charge on any atom is -0.405 e. The molecule has 2 aromatic rings. The second-order valence-electron chi connectivity index (χ2n) is 20.3. The lowest BCUT2D eigenvalue weighted by Crippen LogP contribution is -2.65. The minimum absolute atomic E-state index is 0.0117. The fraction of sp³-hybridized carbons (Fsp3) is 0.647. The Morgan fingerprint density at radius 2 is 1.50 bits per heavy atom. The highest BCUT2D eigenvalue weighted by molar-refractivity contribution is 6.47. The van der Waals surface area contributed by atoms with E-state index in [1.165, 1.54) is 12.5 Å². The molecule has 9 N–H and O–H groups in total. The Kier molecular flexibility index (Phi) is 18.7. The quantitative estimate of drug-likeness (QED) is 0.0197. The number of nitrogens with one attached hydrogen (secondary N) is 2. The van der Waals surface area contributed by atoms with Crippen LogP contribution in [0.3, 0.4) is 0 Å². The molecule has 4 aliphatic rings. The number of aliphatic imine (C=N–C) groups is 1. The van der Waals surface area contributed by atoms with Crippen molar-refractivity contribution in [1.29, 1.82) is 0 Å². The summed E-state index contributed by atoms with van der Waals surface area (Å²) in [6.45, 7) is 14.5. The van der Waals surface area contributed by atoms with E-state index < -0.39 is 60.3 Å². The van der Waals surface area contributed by atoms with Crippen molar-refractivity contribution in [1.82, 2.24) is 10.6 Å². The Balaban J connectivity index is 1.19. The third-order valence-electron chi connectivity index (χ3n) is 14.8. The smallest absolute Gasteiger partial charge is 0.405 e. The molecule has 10 atom stereocenters. The molecular weight excluding hydrogens is 835 g/mol. The molecule has 1 heterocycles. The van der Waals surface area contributed by atoms with E-state index in [0.29, 0.717) is 49.6 Å². The maximum atomic E-state index is 13.9. The molecule has 1 aliphatic heterocycles. The number of nitrogens with zero attached hydrogens (tertiary/aromatic N) is 1. The standard InChI is InChI=1S/C51H77BN6O8/c1-8-9-13-34-16-18-35(19-17-34)36-20-22-37(23-21-36)41(60)28-38(14-12-25-56-49(54)55)48(64)58-46(33(4)59)43(62)26-31(2)47(63)57-40(15-10-11-24-53)42(61)27-32(3)52-65-45-30-39-29-44(50(39,5)6)51(45,7)66-52/h16-23,31-33,38-40,44-46,59H,8-15,24-30,53H2,1-7H3,(H,57,63)(H,58,64)(H4,54,55,56)/t31-,32-,33?,38-,39+,40+,44+,45?,46+,51+/m1/s1. The van der Waals surface area contributed by atoms with Gasteiger partial charge in [-0.2, -0.15) is 0 Å². The van der Waals surface area contributed by atoms with Gasteiger partial charge in [0.25, 0.3) is 0 Å². The Morgan fingerprint density at radius 1 is 0.833 bits per heavy atom. The van der Waals surface area contributed by atoms with Crippen LogP contribution in [-0.2, 0) is 34.9 Å². The van der Waals surface area contributed by atoms with Crippen LogP contribution in [0.1, 0.15) is 141 Å². The second-order valence-corrected chi connectivity index (χ2v) is 20.3. The highest BCUT2D eigenvalue weighted by Crippen LogP contribution is 2.66. The number of aliphatic hydroxyl groups is 1. The van der Waals surface area contributed by atoms with Gasteiger partial charge in [0.15, 0.2) is 23.3 Å². The Morgan fingerprint density at radius 3 is 2.11 bits per heavy atom. The van der Waals surface area contributed by atoms with Gasteiger partial charge in [0.1, 0.15) is 6.04 Å². The van der Waals surface area contributed by atoms with Gasteiger partial charge in [-0.1, -0.05) is 89.6 Å². The number of nitrogens with two attached hydrogens (primary N) is 3. The summed E-state index contributed by atoms with van der Waals surface area (Å²) in [5.41, 5.74) is 20.3. The van der Waals surface area contributed by atoms with Gasteiger partial charge in [-0.05, 0) is 118 Å².